The highest BCUT2D eigenvalue weighted by Crippen LogP contribution is 2.22. The summed E-state index contributed by atoms with van der Waals surface area (Å²) in [5, 5.41) is 21.8. The lowest BCUT2D eigenvalue weighted by atomic mass is 10.1. The molecule has 0 amide bonds. The second-order valence-corrected chi connectivity index (χ2v) is 3.50. The van der Waals surface area contributed by atoms with Gasteiger partial charge in [0.25, 0.3) is 0 Å². The maximum absolute atomic E-state index is 9.48. The van der Waals surface area contributed by atoms with E-state index in [0.29, 0.717) is 12.6 Å². The van der Waals surface area contributed by atoms with E-state index < -0.39 is 0 Å². The van der Waals surface area contributed by atoms with Crippen LogP contribution in [0.1, 0.15) is 25.8 Å². The Morgan fingerprint density at radius 3 is 2.64 bits per heavy atom. The van der Waals surface area contributed by atoms with E-state index in [9.17, 15) is 5.11 Å². The van der Waals surface area contributed by atoms with Gasteiger partial charge in [-0.25, -0.2) is 0 Å². The second kappa shape index (κ2) is 4.86. The van der Waals surface area contributed by atoms with Gasteiger partial charge in [-0.1, -0.05) is 13.0 Å². The van der Waals surface area contributed by atoms with Gasteiger partial charge in [0.05, 0.1) is 0 Å². The highest BCUT2D eigenvalue weighted by atomic mass is 16.3. The van der Waals surface area contributed by atoms with Crippen LogP contribution < -0.4 is 5.32 Å². The average Bonchev–Trinajstić information content (AvgIpc) is 2.16. The van der Waals surface area contributed by atoms with E-state index in [2.05, 4.69) is 19.2 Å². The van der Waals surface area contributed by atoms with Crippen molar-refractivity contribution in [2.24, 2.45) is 0 Å². The Hall–Kier alpha value is -1.22. The number of phenolic OH excluding ortho intramolecular Hbond substituents is 2. The molecule has 14 heavy (non-hydrogen) atoms. The van der Waals surface area contributed by atoms with Crippen LogP contribution in [0.25, 0.3) is 0 Å². The molecule has 78 valence electrons. The number of benzene rings is 1. The van der Waals surface area contributed by atoms with Crippen molar-refractivity contribution in [3.63, 3.8) is 0 Å². The zero-order valence-electron chi connectivity index (χ0n) is 8.62. The molecule has 0 aliphatic carbocycles. The molecule has 0 saturated heterocycles. The van der Waals surface area contributed by atoms with Crippen molar-refractivity contribution >= 4 is 0 Å². The van der Waals surface area contributed by atoms with Gasteiger partial charge in [-0.3, -0.25) is 0 Å². The zero-order valence-corrected chi connectivity index (χ0v) is 8.62. The van der Waals surface area contributed by atoms with Crippen molar-refractivity contribution in [3.8, 4) is 11.5 Å². The van der Waals surface area contributed by atoms with Crippen molar-refractivity contribution < 1.29 is 10.2 Å². The van der Waals surface area contributed by atoms with Crippen molar-refractivity contribution in [2.75, 3.05) is 0 Å². The predicted octanol–water partition coefficient (Wildman–Crippen LogP) is 1.99. The summed E-state index contributed by atoms with van der Waals surface area (Å²) in [5.41, 5.74) is 0.808. The predicted molar refractivity (Wildman–Crippen MR) is 56.4 cm³/mol. The maximum Gasteiger partial charge on any atom is 0.123 e. The highest BCUT2D eigenvalue weighted by Gasteiger charge is 2.03. The first-order valence-corrected chi connectivity index (χ1v) is 4.87. The Balaban J connectivity index is 2.59. The number of phenols is 2. The molecular weight excluding hydrogens is 178 g/mol. The standard InChI is InChI=1S/C11H17NO2/c1-3-8(2)12-7-9-4-5-10(13)6-11(9)14/h4-6,8,12-14H,3,7H2,1-2H3. The van der Waals surface area contributed by atoms with Crippen LogP contribution in [-0.4, -0.2) is 16.3 Å². The van der Waals surface area contributed by atoms with E-state index in [0.717, 1.165) is 12.0 Å². The van der Waals surface area contributed by atoms with Crippen molar-refractivity contribution in [3.05, 3.63) is 23.8 Å². The van der Waals surface area contributed by atoms with Crippen LogP contribution in [0.15, 0.2) is 18.2 Å². The van der Waals surface area contributed by atoms with E-state index in [1.807, 2.05) is 0 Å². The first-order chi connectivity index (χ1) is 6.63. The van der Waals surface area contributed by atoms with Crippen LogP contribution in [-0.2, 0) is 6.54 Å². The van der Waals surface area contributed by atoms with Crippen LogP contribution in [0, 0.1) is 0 Å². The summed E-state index contributed by atoms with van der Waals surface area (Å²) in [6.45, 7) is 4.83. The van der Waals surface area contributed by atoms with E-state index in [1.165, 1.54) is 6.07 Å². The lowest BCUT2D eigenvalue weighted by molar-refractivity contribution is 0.440. The monoisotopic (exact) mass is 195 g/mol. The fraction of sp³-hybridized carbons (Fsp3) is 0.455. The van der Waals surface area contributed by atoms with E-state index >= 15 is 0 Å². The molecule has 3 heteroatoms. The molecule has 3 nitrogen and oxygen atoms in total. The van der Waals surface area contributed by atoms with Crippen LogP contribution in [0.4, 0.5) is 0 Å². The van der Waals surface area contributed by atoms with Gasteiger partial charge in [0, 0.05) is 24.2 Å². The molecule has 1 aromatic carbocycles. The number of nitrogens with one attached hydrogen (secondary N) is 1. The molecule has 0 bridgehead atoms. The summed E-state index contributed by atoms with van der Waals surface area (Å²) in [6.07, 6.45) is 1.05. The van der Waals surface area contributed by atoms with Gasteiger partial charge >= 0.3 is 0 Å². The van der Waals surface area contributed by atoms with Crippen molar-refractivity contribution in [2.45, 2.75) is 32.9 Å². The third kappa shape index (κ3) is 2.92. The molecule has 3 N–H and O–H groups in total. The Bertz CT molecular complexity index is 299. The Morgan fingerprint density at radius 1 is 1.36 bits per heavy atom. The van der Waals surface area contributed by atoms with Crippen LogP contribution in [0.2, 0.25) is 0 Å². The molecule has 0 heterocycles. The van der Waals surface area contributed by atoms with Gasteiger partial charge in [0.15, 0.2) is 0 Å². The van der Waals surface area contributed by atoms with Crippen molar-refractivity contribution in [1.82, 2.24) is 5.32 Å². The molecule has 0 saturated carbocycles. The number of hydrogen-bond acceptors (Lipinski definition) is 3. The molecule has 0 aliphatic rings. The molecule has 0 aromatic heterocycles. The molecule has 0 radical (unpaired) electrons. The Labute approximate surface area is 84.4 Å². The van der Waals surface area contributed by atoms with Gasteiger partial charge in [0.2, 0.25) is 0 Å². The lowest BCUT2D eigenvalue weighted by Crippen LogP contribution is -2.24. The molecule has 1 atom stereocenters. The second-order valence-electron chi connectivity index (χ2n) is 3.50. The fourth-order valence-corrected chi connectivity index (χ4v) is 1.13. The Kier molecular flexibility index (Phi) is 3.77. The molecule has 1 aromatic rings. The number of aromatic hydroxyl groups is 2. The van der Waals surface area contributed by atoms with Gasteiger partial charge in [0.1, 0.15) is 11.5 Å². The van der Waals surface area contributed by atoms with Crippen LogP contribution in [0.5, 0.6) is 11.5 Å². The number of hydrogen-bond donors (Lipinski definition) is 3. The summed E-state index contributed by atoms with van der Waals surface area (Å²) in [4.78, 5) is 0. The quantitative estimate of drug-likeness (QED) is 0.688. The minimum atomic E-state index is 0.0924. The highest BCUT2D eigenvalue weighted by molar-refractivity contribution is 5.38. The fourth-order valence-electron chi connectivity index (χ4n) is 1.13. The van der Waals surface area contributed by atoms with Crippen molar-refractivity contribution in [1.29, 1.82) is 0 Å². The van der Waals surface area contributed by atoms with Gasteiger partial charge in [-0.2, -0.15) is 0 Å². The first-order valence-electron chi connectivity index (χ1n) is 4.87. The summed E-state index contributed by atoms with van der Waals surface area (Å²) >= 11 is 0. The molecule has 0 aliphatic heterocycles. The molecule has 0 spiro atoms. The molecule has 1 unspecified atom stereocenters. The normalized spacial score (nSPS) is 12.7. The maximum atomic E-state index is 9.48. The van der Waals surface area contributed by atoms with Gasteiger partial charge in [-0.15, -0.1) is 0 Å². The summed E-state index contributed by atoms with van der Waals surface area (Å²) < 4.78 is 0. The average molecular weight is 195 g/mol. The zero-order chi connectivity index (χ0) is 10.6. The SMILES string of the molecule is CCC(C)NCc1ccc(O)cc1O. The van der Waals surface area contributed by atoms with Gasteiger partial charge < -0.3 is 15.5 Å². The molecule has 0 fully saturated rings. The number of rotatable bonds is 4. The molecular formula is C11H17NO2. The van der Waals surface area contributed by atoms with E-state index in [1.54, 1.807) is 12.1 Å². The Morgan fingerprint density at radius 2 is 2.07 bits per heavy atom. The summed E-state index contributed by atoms with van der Waals surface area (Å²) in [7, 11) is 0. The third-order valence-electron chi connectivity index (χ3n) is 2.32. The smallest absolute Gasteiger partial charge is 0.123 e. The minimum Gasteiger partial charge on any atom is -0.508 e. The van der Waals surface area contributed by atoms with Gasteiger partial charge in [-0.05, 0) is 19.4 Å². The third-order valence-corrected chi connectivity index (χ3v) is 2.32. The minimum absolute atomic E-state index is 0.0924. The van der Waals surface area contributed by atoms with Crippen LogP contribution >= 0.6 is 0 Å². The molecule has 1 rings (SSSR count). The summed E-state index contributed by atoms with van der Waals surface area (Å²) in [5.74, 6) is 0.232. The first kappa shape index (κ1) is 10.9. The topological polar surface area (TPSA) is 52.5 Å². The van der Waals surface area contributed by atoms with Crippen LogP contribution in [0.3, 0.4) is 0 Å². The van der Waals surface area contributed by atoms with E-state index in [4.69, 9.17) is 5.11 Å². The summed E-state index contributed by atoms with van der Waals surface area (Å²) in [6, 6.07) is 5.09. The lowest BCUT2D eigenvalue weighted by Gasteiger charge is -2.12. The largest absolute Gasteiger partial charge is 0.508 e. The van der Waals surface area contributed by atoms with E-state index in [-0.39, 0.29) is 11.5 Å².